The first kappa shape index (κ1) is 18.5. The number of carbonyl (C=O) groups excluding carboxylic acids is 3. The lowest BCUT2D eigenvalue weighted by Gasteiger charge is -2.28. The summed E-state index contributed by atoms with van der Waals surface area (Å²) in [5.41, 5.74) is 3.51. The van der Waals surface area contributed by atoms with E-state index in [0.717, 1.165) is 30.4 Å². The van der Waals surface area contributed by atoms with E-state index >= 15 is 0 Å². The smallest absolute Gasteiger partial charge is 0.277 e. The molecule has 0 unspecified atom stereocenters. The second kappa shape index (κ2) is 7.37. The highest BCUT2D eigenvalue weighted by Crippen LogP contribution is 2.38. The Morgan fingerprint density at radius 3 is 2.47 bits per heavy atom. The summed E-state index contributed by atoms with van der Waals surface area (Å²) in [6, 6.07) is 7.46. The van der Waals surface area contributed by atoms with Gasteiger partial charge in [0.1, 0.15) is 12.0 Å². The predicted octanol–water partition coefficient (Wildman–Crippen LogP) is 1.96. The minimum Gasteiger partial charge on any atom is -0.357 e. The summed E-state index contributed by atoms with van der Waals surface area (Å²) in [6.45, 7) is 0.640. The summed E-state index contributed by atoms with van der Waals surface area (Å²) in [4.78, 5) is 49.2. The standard InChI is InChI=1S/C22H21N5O3/c28-19(25-16-5-3-14(4-6-16)15-10-23-13-24-11-15)12-26-9-1-2-18-20(26)22(30)27(21(18)29)17-7-8-17/h3-6,10-11,13,17H,1-2,7-9,12H2,(H,25,28). The molecule has 5 rings (SSSR count). The fourth-order valence-electron chi connectivity index (χ4n) is 4.08. The second-order valence-electron chi connectivity index (χ2n) is 7.82. The van der Waals surface area contributed by atoms with Crippen molar-refractivity contribution in [3.8, 4) is 11.1 Å². The van der Waals surface area contributed by atoms with Gasteiger partial charge in [-0.2, -0.15) is 0 Å². The highest BCUT2D eigenvalue weighted by atomic mass is 16.2. The molecule has 3 heterocycles. The molecule has 2 aromatic rings. The van der Waals surface area contributed by atoms with Gasteiger partial charge in [0, 0.05) is 41.8 Å². The Labute approximate surface area is 173 Å². The van der Waals surface area contributed by atoms with Crippen molar-refractivity contribution in [3.63, 3.8) is 0 Å². The van der Waals surface area contributed by atoms with Crippen LogP contribution in [-0.2, 0) is 14.4 Å². The number of anilines is 1. The van der Waals surface area contributed by atoms with Crippen LogP contribution in [0.2, 0.25) is 0 Å². The Kier molecular flexibility index (Phi) is 4.54. The third kappa shape index (κ3) is 3.34. The number of benzene rings is 1. The van der Waals surface area contributed by atoms with Gasteiger partial charge in [-0.15, -0.1) is 0 Å². The van der Waals surface area contributed by atoms with E-state index < -0.39 is 0 Å². The van der Waals surface area contributed by atoms with Crippen LogP contribution in [0, 0.1) is 0 Å². The van der Waals surface area contributed by atoms with Gasteiger partial charge in [-0.3, -0.25) is 19.3 Å². The maximum atomic E-state index is 12.8. The quantitative estimate of drug-likeness (QED) is 0.767. The number of rotatable bonds is 5. The van der Waals surface area contributed by atoms with E-state index in [1.807, 2.05) is 24.3 Å². The number of hydrogen-bond acceptors (Lipinski definition) is 6. The van der Waals surface area contributed by atoms with Crippen molar-refractivity contribution in [1.82, 2.24) is 19.8 Å². The fraction of sp³-hybridized carbons (Fsp3) is 0.318. The molecule has 3 amide bonds. The van der Waals surface area contributed by atoms with Gasteiger partial charge in [0.25, 0.3) is 11.8 Å². The summed E-state index contributed by atoms with van der Waals surface area (Å²) in [6.07, 6.45) is 8.06. The first-order valence-electron chi connectivity index (χ1n) is 10.1. The maximum absolute atomic E-state index is 12.8. The van der Waals surface area contributed by atoms with Gasteiger partial charge in [-0.1, -0.05) is 12.1 Å². The monoisotopic (exact) mass is 403 g/mol. The molecule has 1 aromatic heterocycles. The van der Waals surface area contributed by atoms with Crippen molar-refractivity contribution < 1.29 is 14.4 Å². The van der Waals surface area contributed by atoms with Crippen LogP contribution in [0.5, 0.6) is 0 Å². The molecule has 2 aliphatic heterocycles. The SMILES string of the molecule is O=C(CN1CCCC2=C1C(=O)N(C1CC1)C2=O)Nc1ccc(-c2cncnc2)cc1. The van der Waals surface area contributed by atoms with Gasteiger partial charge in [0.15, 0.2) is 0 Å². The molecule has 0 bridgehead atoms. The van der Waals surface area contributed by atoms with E-state index in [-0.39, 0.29) is 30.3 Å². The highest BCUT2D eigenvalue weighted by molar-refractivity contribution is 6.19. The largest absolute Gasteiger partial charge is 0.357 e. The van der Waals surface area contributed by atoms with Crippen LogP contribution < -0.4 is 5.32 Å². The molecule has 8 nitrogen and oxygen atoms in total. The Hall–Kier alpha value is -3.55. The van der Waals surface area contributed by atoms with Crippen molar-refractivity contribution in [3.05, 3.63) is 54.3 Å². The lowest BCUT2D eigenvalue weighted by Crippen LogP contribution is -2.40. The molecule has 0 saturated heterocycles. The molecule has 30 heavy (non-hydrogen) atoms. The molecule has 0 atom stereocenters. The molecule has 1 saturated carbocycles. The number of nitrogens with one attached hydrogen (secondary N) is 1. The van der Waals surface area contributed by atoms with E-state index in [2.05, 4.69) is 15.3 Å². The Morgan fingerprint density at radius 2 is 1.77 bits per heavy atom. The molecule has 1 aliphatic carbocycles. The van der Waals surface area contributed by atoms with Gasteiger partial charge in [0.2, 0.25) is 5.91 Å². The summed E-state index contributed by atoms with van der Waals surface area (Å²) in [5.74, 6) is -0.618. The minimum atomic E-state index is -0.237. The van der Waals surface area contributed by atoms with Crippen LogP contribution in [0.15, 0.2) is 54.3 Å². The molecule has 0 spiro atoms. The number of imide groups is 1. The van der Waals surface area contributed by atoms with E-state index in [0.29, 0.717) is 29.9 Å². The fourth-order valence-corrected chi connectivity index (χ4v) is 4.08. The van der Waals surface area contributed by atoms with Gasteiger partial charge in [0.05, 0.1) is 6.54 Å². The van der Waals surface area contributed by atoms with Crippen LogP contribution in [0.3, 0.4) is 0 Å². The highest BCUT2D eigenvalue weighted by Gasteiger charge is 2.48. The normalized spacial score (nSPS) is 18.7. The minimum absolute atomic E-state index is 0.0415. The van der Waals surface area contributed by atoms with Crippen LogP contribution in [0.4, 0.5) is 5.69 Å². The molecule has 1 aromatic carbocycles. The van der Waals surface area contributed by atoms with Crippen LogP contribution >= 0.6 is 0 Å². The van der Waals surface area contributed by atoms with Crippen molar-refractivity contribution in [2.45, 2.75) is 31.7 Å². The molecule has 152 valence electrons. The molecule has 1 N–H and O–H groups in total. The van der Waals surface area contributed by atoms with E-state index in [1.165, 1.54) is 11.2 Å². The Balaban J connectivity index is 1.26. The van der Waals surface area contributed by atoms with Crippen molar-refractivity contribution in [1.29, 1.82) is 0 Å². The lowest BCUT2D eigenvalue weighted by atomic mass is 10.0. The zero-order chi connectivity index (χ0) is 20.7. The molecular weight excluding hydrogens is 382 g/mol. The van der Waals surface area contributed by atoms with E-state index in [4.69, 9.17) is 0 Å². The Bertz CT molecular complexity index is 1040. The topological polar surface area (TPSA) is 95.5 Å². The summed E-state index contributed by atoms with van der Waals surface area (Å²) >= 11 is 0. The van der Waals surface area contributed by atoms with E-state index in [1.54, 1.807) is 17.3 Å². The zero-order valence-corrected chi connectivity index (χ0v) is 16.4. The number of aromatic nitrogens is 2. The Morgan fingerprint density at radius 1 is 1.03 bits per heavy atom. The van der Waals surface area contributed by atoms with Gasteiger partial charge < -0.3 is 10.2 Å². The average molecular weight is 403 g/mol. The molecular formula is C22H21N5O3. The number of hydrogen-bond donors (Lipinski definition) is 1. The van der Waals surface area contributed by atoms with Gasteiger partial charge in [-0.05, 0) is 43.4 Å². The number of amides is 3. The van der Waals surface area contributed by atoms with Gasteiger partial charge in [-0.25, -0.2) is 9.97 Å². The summed E-state index contributed by atoms with van der Waals surface area (Å²) < 4.78 is 0. The first-order valence-corrected chi connectivity index (χ1v) is 10.1. The number of carbonyl (C=O) groups is 3. The average Bonchev–Trinajstić information content (AvgIpc) is 3.56. The third-order valence-electron chi connectivity index (χ3n) is 5.66. The summed E-state index contributed by atoms with van der Waals surface area (Å²) in [7, 11) is 0. The second-order valence-corrected chi connectivity index (χ2v) is 7.82. The molecule has 0 radical (unpaired) electrons. The zero-order valence-electron chi connectivity index (χ0n) is 16.4. The molecule has 1 fully saturated rings. The van der Waals surface area contributed by atoms with Crippen LogP contribution in [-0.4, -0.2) is 56.6 Å². The number of nitrogens with zero attached hydrogens (tertiary/aromatic N) is 4. The van der Waals surface area contributed by atoms with Crippen molar-refractivity contribution in [2.75, 3.05) is 18.4 Å². The van der Waals surface area contributed by atoms with E-state index in [9.17, 15) is 14.4 Å². The molecule has 8 heteroatoms. The molecule has 3 aliphatic rings. The summed E-state index contributed by atoms with van der Waals surface area (Å²) in [5, 5.41) is 2.88. The third-order valence-corrected chi connectivity index (χ3v) is 5.66. The van der Waals surface area contributed by atoms with Crippen LogP contribution in [0.25, 0.3) is 11.1 Å². The van der Waals surface area contributed by atoms with Crippen molar-refractivity contribution in [2.24, 2.45) is 0 Å². The van der Waals surface area contributed by atoms with Gasteiger partial charge >= 0.3 is 0 Å². The maximum Gasteiger partial charge on any atom is 0.277 e. The van der Waals surface area contributed by atoms with Crippen molar-refractivity contribution >= 4 is 23.4 Å². The lowest BCUT2D eigenvalue weighted by molar-refractivity contribution is -0.138. The predicted molar refractivity (Wildman–Crippen MR) is 109 cm³/mol. The first-order chi connectivity index (χ1) is 14.6. The van der Waals surface area contributed by atoms with Crippen LogP contribution in [0.1, 0.15) is 25.7 Å².